The highest BCUT2D eigenvalue weighted by molar-refractivity contribution is 7.23. The maximum Gasteiger partial charge on any atom is 0.319 e. The Balaban J connectivity index is 1.36. The summed E-state index contributed by atoms with van der Waals surface area (Å²) < 4.78 is 88.7. The second-order valence-electron chi connectivity index (χ2n) is 12.4. The average molecular weight is 677 g/mol. The van der Waals surface area contributed by atoms with Crippen LogP contribution in [0, 0.1) is 23.0 Å². The first-order valence-corrected chi connectivity index (χ1v) is 16.2. The molecule has 240 valence electrons. The standard InChI is InChI=1S/C31H26ClF5N6O2S/c32-22-20(15-2-3-17(34)26-19(15)16(11-38)27(39)46-26)23(35)24-21-25(22)44-9-4-18-31(36,37)6-8-43(18)28(21)41-29(40-24)45-13-30-5-1-7-42(30)12-14(33)10-30/h2-3,14,18H,1,4-10,12-13,39H2/t14-,18?,30?/m1/s1. The number of aromatic nitrogens is 2. The van der Waals surface area contributed by atoms with Crippen molar-refractivity contribution >= 4 is 54.7 Å². The van der Waals surface area contributed by atoms with Gasteiger partial charge in [-0.15, -0.1) is 11.3 Å². The maximum absolute atomic E-state index is 17.0. The highest BCUT2D eigenvalue weighted by Crippen LogP contribution is 2.52. The summed E-state index contributed by atoms with van der Waals surface area (Å²) in [6.07, 6.45) is 0.306. The molecule has 8 nitrogen and oxygen atoms in total. The molecular formula is C31H26ClF5N6O2S. The Kier molecular flexibility index (Phi) is 6.73. The van der Waals surface area contributed by atoms with Crippen molar-refractivity contribution in [2.75, 3.05) is 43.5 Å². The predicted molar refractivity (Wildman–Crippen MR) is 164 cm³/mol. The molecule has 0 saturated carbocycles. The normalized spacial score (nSPS) is 25.3. The second-order valence-corrected chi connectivity index (χ2v) is 13.8. The molecule has 4 aliphatic rings. The maximum atomic E-state index is 17.0. The van der Waals surface area contributed by atoms with E-state index >= 15 is 13.2 Å². The topological polar surface area (TPSA) is 101 Å². The van der Waals surface area contributed by atoms with Crippen molar-refractivity contribution in [3.8, 4) is 29.0 Å². The van der Waals surface area contributed by atoms with Gasteiger partial charge in [-0.1, -0.05) is 17.7 Å². The SMILES string of the molecule is N#Cc1c(N)sc2c(F)ccc(-c3c(Cl)c4c5c(nc(OCC67CCCN6C[C@H](F)C7)nc5c3F)N3CCC(F)(F)C3CCO4)c12. The summed E-state index contributed by atoms with van der Waals surface area (Å²) in [6, 6.07) is 2.86. The third kappa shape index (κ3) is 4.24. The molecule has 15 heteroatoms. The molecule has 0 aliphatic carbocycles. The molecule has 2 unspecified atom stereocenters. The van der Waals surface area contributed by atoms with E-state index in [0.717, 1.165) is 30.4 Å². The first-order valence-electron chi connectivity index (χ1n) is 15.0. The van der Waals surface area contributed by atoms with Crippen LogP contribution in [0.1, 0.15) is 37.7 Å². The van der Waals surface area contributed by atoms with Gasteiger partial charge < -0.3 is 20.1 Å². The quantitative estimate of drug-likeness (QED) is 0.235. The van der Waals surface area contributed by atoms with E-state index in [1.807, 2.05) is 11.0 Å². The van der Waals surface area contributed by atoms with E-state index < -0.39 is 41.7 Å². The van der Waals surface area contributed by atoms with Crippen LogP contribution in [0.4, 0.5) is 32.8 Å². The molecule has 4 aliphatic heterocycles. The highest BCUT2D eigenvalue weighted by Gasteiger charge is 2.52. The minimum Gasteiger partial charge on any atom is -0.491 e. The van der Waals surface area contributed by atoms with E-state index in [4.69, 9.17) is 26.8 Å². The number of ether oxygens (including phenoxy) is 2. The lowest BCUT2D eigenvalue weighted by molar-refractivity contribution is -0.0124. The van der Waals surface area contributed by atoms with Gasteiger partial charge in [-0.3, -0.25) is 4.90 Å². The zero-order chi connectivity index (χ0) is 32.1. The van der Waals surface area contributed by atoms with Crippen LogP contribution in [0.3, 0.4) is 0 Å². The third-order valence-corrected chi connectivity index (χ3v) is 11.2. The number of anilines is 2. The van der Waals surface area contributed by atoms with Gasteiger partial charge in [0, 0.05) is 43.3 Å². The van der Waals surface area contributed by atoms with E-state index in [0.29, 0.717) is 13.0 Å². The molecule has 0 radical (unpaired) electrons. The molecule has 6 heterocycles. The Bertz CT molecular complexity index is 1990. The van der Waals surface area contributed by atoms with E-state index in [2.05, 4.69) is 9.97 Å². The highest BCUT2D eigenvalue weighted by atomic mass is 35.5. The minimum atomic E-state index is -3.06. The Hall–Kier alpha value is -3.67. The van der Waals surface area contributed by atoms with E-state index in [1.165, 1.54) is 11.0 Å². The number of nitrogens with two attached hydrogens (primary N) is 1. The zero-order valence-corrected chi connectivity index (χ0v) is 25.8. The fraction of sp³-hybridized carbons (Fsp3) is 0.452. The summed E-state index contributed by atoms with van der Waals surface area (Å²) in [5.74, 6) is -4.71. The summed E-state index contributed by atoms with van der Waals surface area (Å²) in [7, 11) is 0. The first kappa shape index (κ1) is 29.7. The largest absolute Gasteiger partial charge is 0.491 e. The molecule has 3 atom stereocenters. The molecule has 3 saturated heterocycles. The fourth-order valence-electron chi connectivity index (χ4n) is 7.75. The molecule has 2 aromatic heterocycles. The van der Waals surface area contributed by atoms with Crippen molar-refractivity contribution in [2.45, 2.75) is 55.8 Å². The van der Waals surface area contributed by atoms with Gasteiger partial charge in [0.05, 0.1) is 38.9 Å². The summed E-state index contributed by atoms with van der Waals surface area (Å²) >= 11 is 7.75. The monoisotopic (exact) mass is 676 g/mol. The van der Waals surface area contributed by atoms with Gasteiger partial charge in [-0.25, -0.2) is 22.0 Å². The number of hydrogen-bond acceptors (Lipinski definition) is 9. The Morgan fingerprint density at radius 3 is 2.83 bits per heavy atom. The van der Waals surface area contributed by atoms with Gasteiger partial charge in [0.2, 0.25) is 0 Å². The molecule has 46 heavy (non-hydrogen) atoms. The lowest BCUT2D eigenvalue weighted by Gasteiger charge is -2.33. The van der Waals surface area contributed by atoms with Crippen LogP contribution in [0.25, 0.3) is 32.1 Å². The van der Waals surface area contributed by atoms with Crippen LogP contribution in [0.2, 0.25) is 5.02 Å². The number of thiophene rings is 1. The molecule has 4 aromatic rings. The number of nitriles is 1. The van der Waals surface area contributed by atoms with Crippen molar-refractivity contribution in [3.63, 3.8) is 0 Å². The van der Waals surface area contributed by atoms with Crippen LogP contribution < -0.4 is 20.1 Å². The van der Waals surface area contributed by atoms with E-state index in [9.17, 15) is 14.0 Å². The number of fused-ring (bicyclic) bond motifs is 4. The number of alkyl halides is 3. The lowest BCUT2D eigenvalue weighted by atomic mass is 9.95. The summed E-state index contributed by atoms with van der Waals surface area (Å²) in [6.45, 7) is 0.813. The summed E-state index contributed by atoms with van der Waals surface area (Å²) in [5, 5.41) is 9.77. The van der Waals surface area contributed by atoms with Crippen LogP contribution in [0.5, 0.6) is 11.8 Å². The lowest BCUT2D eigenvalue weighted by Crippen LogP contribution is -2.43. The molecule has 3 fully saturated rings. The van der Waals surface area contributed by atoms with Crippen molar-refractivity contribution in [3.05, 3.63) is 34.4 Å². The third-order valence-electron chi connectivity index (χ3n) is 9.83. The van der Waals surface area contributed by atoms with Gasteiger partial charge in [0.1, 0.15) is 41.0 Å². The number of rotatable bonds is 4. The van der Waals surface area contributed by atoms with Gasteiger partial charge in [-0.2, -0.15) is 15.2 Å². The average Bonchev–Trinajstić information content (AvgIpc) is 3.72. The van der Waals surface area contributed by atoms with Crippen molar-refractivity contribution in [2.24, 2.45) is 0 Å². The second kappa shape index (κ2) is 10.4. The van der Waals surface area contributed by atoms with Crippen molar-refractivity contribution in [1.29, 1.82) is 5.26 Å². The fourth-order valence-corrected chi connectivity index (χ4v) is 9.03. The Morgan fingerprint density at radius 1 is 1.20 bits per heavy atom. The van der Waals surface area contributed by atoms with Crippen LogP contribution in [0.15, 0.2) is 12.1 Å². The first-order chi connectivity index (χ1) is 22.0. The van der Waals surface area contributed by atoms with Crippen LogP contribution in [-0.4, -0.2) is 71.4 Å². The molecule has 2 N–H and O–H groups in total. The molecule has 8 rings (SSSR count). The number of nitrogen functional groups attached to an aromatic ring is 1. The number of benzene rings is 2. The van der Waals surface area contributed by atoms with Crippen molar-refractivity contribution < 1.29 is 31.4 Å². The molecule has 0 bridgehead atoms. The predicted octanol–water partition coefficient (Wildman–Crippen LogP) is 6.85. The smallest absolute Gasteiger partial charge is 0.319 e. The van der Waals surface area contributed by atoms with Crippen LogP contribution >= 0.6 is 22.9 Å². The molecular weight excluding hydrogens is 651 g/mol. The van der Waals surface area contributed by atoms with Gasteiger partial charge in [0.15, 0.2) is 11.6 Å². The van der Waals surface area contributed by atoms with Crippen LogP contribution in [-0.2, 0) is 0 Å². The van der Waals surface area contributed by atoms with Crippen molar-refractivity contribution in [1.82, 2.24) is 14.9 Å². The minimum absolute atomic E-state index is 0.00459. The molecule has 0 amide bonds. The Labute approximate surface area is 268 Å². The zero-order valence-electron chi connectivity index (χ0n) is 24.2. The summed E-state index contributed by atoms with van der Waals surface area (Å²) in [5.41, 5.74) is 4.99. The van der Waals surface area contributed by atoms with Gasteiger partial charge >= 0.3 is 6.01 Å². The van der Waals surface area contributed by atoms with E-state index in [1.54, 1.807) is 0 Å². The number of nitrogens with zero attached hydrogens (tertiary/aromatic N) is 5. The number of halogens is 6. The van der Waals surface area contributed by atoms with Gasteiger partial charge in [0.25, 0.3) is 5.92 Å². The summed E-state index contributed by atoms with van der Waals surface area (Å²) in [4.78, 5) is 12.4. The molecule has 0 spiro atoms. The van der Waals surface area contributed by atoms with E-state index in [-0.39, 0.29) is 97.9 Å². The molecule has 2 aromatic carbocycles. The number of hydrogen-bond donors (Lipinski definition) is 1. The van der Waals surface area contributed by atoms with Gasteiger partial charge in [-0.05, 0) is 31.0 Å². The Morgan fingerprint density at radius 2 is 2.02 bits per heavy atom.